The van der Waals surface area contributed by atoms with Crippen molar-refractivity contribution in [3.8, 4) is 11.6 Å². The van der Waals surface area contributed by atoms with Crippen molar-refractivity contribution in [2.24, 2.45) is 7.05 Å². The van der Waals surface area contributed by atoms with Crippen molar-refractivity contribution in [3.63, 3.8) is 0 Å². The van der Waals surface area contributed by atoms with Crippen LogP contribution in [0.25, 0.3) is 11.0 Å². The second kappa shape index (κ2) is 8.45. The molecule has 8 nitrogen and oxygen atoms in total. The fraction of sp³-hybridized carbons (Fsp3) is 0.435. The van der Waals surface area contributed by atoms with Crippen LogP contribution >= 0.6 is 0 Å². The van der Waals surface area contributed by atoms with Gasteiger partial charge >= 0.3 is 0 Å². The minimum Gasteiger partial charge on any atom is -0.508 e. The van der Waals surface area contributed by atoms with E-state index in [-0.39, 0.29) is 11.7 Å². The first kappa shape index (κ1) is 21.0. The van der Waals surface area contributed by atoms with Gasteiger partial charge in [-0.05, 0) is 55.7 Å². The summed E-state index contributed by atoms with van der Waals surface area (Å²) in [6.45, 7) is 7.01. The van der Waals surface area contributed by atoms with Crippen molar-refractivity contribution < 1.29 is 14.6 Å². The molecule has 2 aromatic heterocycles. The number of hydrogen-bond acceptors (Lipinski definition) is 6. The molecule has 1 aromatic carbocycles. The number of piperazine rings is 1. The van der Waals surface area contributed by atoms with Crippen molar-refractivity contribution >= 4 is 22.6 Å². The van der Waals surface area contributed by atoms with Gasteiger partial charge in [0.25, 0.3) is 0 Å². The number of methoxy groups -OCH3 is 1. The largest absolute Gasteiger partial charge is 0.508 e. The summed E-state index contributed by atoms with van der Waals surface area (Å²) in [7, 11) is 3.47. The van der Waals surface area contributed by atoms with E-state index < -0.39 is 0 Å². The number of carbonyl (C=O) groups excluding carboxylic acids is 1. The second-order valence-corrected chi connectivity index (χ2v) is 8.02. The number of phenolic OH excluding ortho intramolecular Hbond substituents is 1. The molecule has 1 aliphatic rings. The lowest BCUT2D eigenvalue weighted by molar-refractivity contribution is -0.131. The highest BCUT2D eigenvalue weighted by Crippen LogP contribution is 2.30. The number of benzene rings is 1. The van der Waals surface area contributed by atoms with E-state index in [0.29, 0.717) is 31.8 Å². The van der Waals surface area contributed by atoms with E-state index in [9.17, 15) is 9.90 Å². The highest BCUT2D eigenvalue weighted by molar-refractivity contribution is 5.86. The van der Waals surface area contributed by atoms with Gasteiger partial charge in [-0.3, -0.25) is 4.79 Å². The van der Waals surface area contributed by atoms with Gasteiger partial charge < -0.3 is 19.6 Å². The summed E-state index contributed by atoms with van der Waals surface area (Å²) in [5.41, 5.74) is 4.97. The van der Waals surface area contributed by atoms with Crippen LogP contribution < -0.4 is 9.64 Å². The molecule has 0 spiro atoms. The molecule has 3 aromatic rings. The SMILES string of the molecule is COc1nn(C)c2nc(C)c(CCC(=O)N3CCN(c4ccc(O)cc4)CC3)c(C)c12. The van der Waals surface area contributed by atoms with Gasteiger partial charge in [0.15, 0.2) is 5.65 Å². The van der Waals surface area contributed by atoms with Crippen molar-refractivity contribution in [3.05, 3.63) is 41.1 Å². The zero-order chi connectivity index (χ0) is 22.1. The summed E-state index contributed by atoms with van der Waals surface area (Å²) in [5, 5.41) is 14.8. The number of anilines is 1. The van der Waals surface area contributed by atoms with Gasteiger partial charge in [-0.25, -0.2) is 9.67 Å². The molecule has 8 heteroatoms. The third-order valence-corrected chi connectivity index (χ3v) is 6.15. The molecule has 0 unspecified atom stereocenters. The van der Waals surface area contributed by atoms with E-state index in [1.165, 1.54) is 0 Å². The Balaban J connectivity index is 1.41. The average molecular weight is 424 g/mol. The Morgan fingerprint density at radius 3 is 2.45 bits per heavy atom. The van der Waals surface area contributed by atoms with E-state index in [4.69, 9.17) is 9.72 Å². The van der Waals surface area contributed by atoms with Gasteiger partial charge in [-0.15, -0.1) is 5.10 Å². The number of hydrogen-bond donors (Lipinski definition) is 1. The van der Waals surface area contributed by atoms with Crippen molar-refractivity contribution in [2.75, 3.05) is 38.2 Å². The smallest absolute Gasteiger partial charge is 0.242 e. The van der Waals surface area contributed by atoms with E-state index >= 15 is 0 Å². The van der Waals surface area contributed by atoms with Crippen molar-refractivity contribution in [1.82, 2.24) is 19.7 Å². The van der Waals surface area contributed by atoms with Crippen LogP contribution in [0.1, 0.15) is 23.2 Å². The molecule has 1 amide bonds. The molecular formula is C23H29N5O3. The lowest BCUT2D eigenvalue weighted by atomic mass is 10.00. The number of aromatic nitrogens is 3. The first-order chi connectivity index (χ1) is 14.9. The zero-order valence-electron chi connectivity index (χ0n) is 18.6. The molecule has 1 N–H and O–H groups in total. The maximum absolute atomic E-state index is 12.9. The predicted molar refractivity (Wildman–Crippen MR) is 120 cm³/mol. The number of aryl methyl sites for hydroxylation is 3. The number of amides is 1. The number of phenols is 1. The summed E-state index contributed by atoms with van der Waals surface area (Å²) in [6, 6.07) is 7.21. The van der Waals surface area contributed by atoms with Crippen LogP contribution in [0, 0.1) is 13.8 Å². The molecular weight excluding hydrogens is 394 g/mol. The number of rotatable bonds is 5. The highest BCUT2D eigenvalue weighted by Gasteiger charge is 2.23. The number of nitrogens with zero attached hydrogens (tertiary/aromatic N) is 5. The molecule has 0 aliphatic carbocycles. The summed E-state index contributed by atoms with van der Waals surface area (Å²) in [6.07, 6.45) is 1.10. The fourth-order valence-electron chi connectivity index (χ4n) is 4.37. The predicted octanol–water partition coefficient (Wildman–Crippen LogP) is 2.58. The number of pyridine rings is 1. The molecule has 164 valence electrons. The molecule has 1 saturated heterocycles. The molecule has 31 heavy (non-hydrogen) atoms. The molecule has 3 heterocycles. The van der Waals surface area contributed by atoms with Gasteiger partial charge in [0.05, 0.1) is 12.5 Å². The van der Waals surface area contributed by atoms with Crippen LogP contribution in [0.5, 0.6) is 11.6 Å². The normalized spacial score (nSPS) is 14.3. The Labute approximate surface area is 182 Å². The number of aromatic hydroxyl groups is 1. The fourth-order valence-corrected chi connectivity index (χ4v) is 4.37. The highest BCUT2D eigenvalue weighted by atomic mass is 16.5. The molecule has 1 fully saturated rings. The molecule has 0 saturated carbocycles. The van der Waals surface area contributed by atoms with Crippen LogP contribution in [-0.4, -0.2) is 64.0 Å². The summed E-state index contributed by atoms with van der Waals surface area (Å²) >= 11 is 0. The molecule has 0 bridgehead atoms. The van der Waals surface area contributed by atoms with Gasteiger partial charge in [0.1, 0.15) is 5.75 Å². The summed E-state index contributed by atoms with van der Waals surface area (Å²) in [5.74, 6) is 1.00. The maximum atomic E-state index is 12.9. The number of carbonyl (C=O) groups is 1. The Morgan fingerprint density at radius 2 is 1.81 bits per heavy atom. The number of ether oxygens (including phenoxy) is 1. The standard InChI is InChI=1S/C23H29N5O3/c1-15-19(16(2)24-22-21(15)23(31-4)25-26(22)3)9-10-20(30)28-13-11-27(12-14-28)17-5-7-18(29)8-6-17/h5-8,29H,9-14H2,1-4H3. The van der Waals surface area contributed by atoms with Gasteiger partial charge in [-0.1, -0.05) is 0 Å². The van der Waals surface area contributed by atoms with E-state index in [0.717, 1.165) is 46.6 Å². The molecule has 0 radical (unpaired) electrons. The third kappa shape index (κ3) is 4.02. The minimum absolute atomic E-state index is 0.169. The quantitative estimate of drug-likeness (QED) is 0.679. The summed E-state index contributed by atoms with van der Waals surface area (Å²) in [4.78, 5) is 21.8. The molecule has 4 rings (SSSR count). The van der Waals surface area contributed by atoms with Crippen LogP contribution in [0.2, 0.25) is 0 Å². The van der Waals surface area contributed by atoms with Crippen LogP contribution in [0.3, 0.4) is 0 Å². The van der Waals surface area contributed by atoms with E-state index in [1.807, 2.05) is 31.0 Å². The summed E-state index contributed by atoms with van der Waals surface area (Å²) < 4.78 is 7.16. The van der Waals surface area contributed by atoms with Crippen LogP contribution in [0.4, 0.5) is 5.69 Å². The molecule has 0 atom stereocenters. The first-order valence-corrected chi connectivity index (χ1v) is 10.6. The third-order valence-electron chi connectivity index (χ3n) is 6.15. The van der Waals surface area contributed by atoms with Crippen molar-refractivity contribution in [1.29, 1.82) is 0 Å². The lowest BCUT2D eigenvalue weighted by Crippen LogP contribution is -2.48. The first-order valence-electron chi connectivity index (χ1n) is 10.6. The van der Waals surface area contributed by atoms with E-state index in [2.05, 4.69) is 16.9 Å². The van der Waals surface area contributed by atoms with Crippen molar-refractivity contribution in [2.45, 2.75) is 26.7 Å². The zero-order valence-corrected chi connectivity index (χ0v) is 18.6. The maximum Gasteiger partial charge on any atom is 0.242 e. The Kier molecular flexibility index (Phi) is 5.71. The van der Waals surface area contributed by atoms with Crippen LogP contribution in [0.15, 0.2) is 24.3 Å². The molecule has 1 aliphatic heterocycles. The van der Waals surface area contributed by atoms with E-state index in [1.54, 1.807) is 23.9 Å². The Morgan fingerprint density at radius 1 is 1.13 bits per heavy atom. The Bertz CT molecular complexity index is 1100. The monoisotopic (exact) mass is 423 g/mol. The lowest BCUT2D eigenvalue weighted by Gasteiger charge is -2.36. The average Bonchev–Trinajstić information content (AvgIpc) is 3.09. The number of fused-ring (bicyclic) bond motifs is 1. The Hall–Kier alpha value is -3.29. The van der Waals surface area contributed by atoms with Crippen LogP contribution in [-0.2, 0) is 18.3 Å². The van der Waals surface area contributed by atoms with Gasteiger partial charge in [0, 0.05) is 51.0 Å². The minimum atomic E-state index is 0.169. The van der Waals surface area contributed by atoms with Gasteiger partial charge in [-0.2, -0.15) is 0 Å². The topological polar surface area (TPSA) is 83.7 Å². The second-order valence-electron chi connectivity index (χ2n) is 8.02. The van der Waals surface area contributed by atoms with Gasteiger partial charge in [0.2, 0.25) is 11.8 Å².